The summed E-state index contributed by atoms with van der Waals surface area (Å²) in [6.45, 7) is 0.939. The topological polar surface area (TPSA) is 97.8 Å². The minimum atomic E-state index is -3.80. The molecule has 0 N–H and O–H groups in total. The Morgan fingerprint density at radius 3 is 2.46 bits per heavy atom. The number of hydrogen-bond donors (Lipinski definition) is 0. The lowest BCUT2D eigenvalue weighted by Crippen LogP contribution is -2.50. The van der Waals surface area contributed by atoms with Gasteiger partial charge in [0.25, 0.3) is 0 Å². The van der Waals surface area contributed by atoms with Gasteiger partial charge in [0.15, 0.2) is 19.7 Å². The molecule has 0 aromatic carbocycles. The van der Waals surface area contributed by atoms with Gasteiger partial charge >= 0.3 is 5.97 Å². The van der Waals surface area contributed by atoms with Crippen molar-refractivity contribution >= 4 is 48.6 Å². The number of halogens is 1. The number of ether oxygens (including phenoxy) is 1. The zero-order chi connectivity index (χ0) is 19.1. The summed E-state index contributed by atoms with van der Waals surface area (Å²) in [4.78, 5) is 13.6. The second-order valence-corrected chi connectivity index (χ2v) is 12.9. The van der Waals surface area contributed by atoms with E-state index in [0.717, 1.165) is 11.3 Å². The molecule has 3 heterocycles. The summed E-state index contributed by atoms with van der Waals surface area (Å²) in [6.07, 6.45) is 1.06. The summed E-state index contributed by atoms with van der Waals surface area (Å²) >= 11 is 6.80. The molecule has 11 heteroatoms. The van der Waals surface area contributed by atoms with Gasteiger partial charge < -0.3 is 4.74 Å². The number of methoxy groups -OCH3 is 1. The number of carbonyl (C=O) groups is 1. The van der Waals surface area contributed by atoms with Crippen LogP contribution < -0.4 is 0 Å². The zero-order valence-electron chi connectivity index (χ0n) is 14.1. The Hall–Kier alpha value is -0.680. The number of esters is 1. The van der Waals surface area contributed by atoms with Crippen molar-refractivity contribution in [3.63, 3.8) is 0 Å². The average molecular weight is 442 g/mol. The smallest absolute Gasteiger partial charge is 0.308 e. The highest BCUT2D eigenvalue weighted by Crippen LogP contribution is 2.35. The van der Waals surface area contributed by atoms with Crippen molar-refractivity contribution in [2.24, 2.45) is 5.92 Å². The van der Waals surface area contributed by atoms with Crippen LogP contribution in [-0.2, 0) is 29.2 Å². The minimum Gasteiger partial charge on any atom is -0.469 e. The van der Waals surface area contributed by atoms with Gasteiger partial charge in [-0.15, -0.1) is 11.3 Å². The highest BCUT2D eigenvalue weighted by molar-refractivity contribution is 7.97. The molecule has 0 bridgehead atoms. The van der Waals surface area contributed by atoms with E-state index in [1.165, 1.54) is 19.2 Å². The van der Waals surface area contributed by atoms with Crippen LogP contribution >= 0.6 is 22.9 Å². The number of likely N-dealkylation sites (tertiary alicyclic amines) is 1. The Morgan fingerprint density at radius 1 is 1.27 bits per heavy atom. The van der Waals surface area contributed by atoms with Crippen LogP contribution in [0.3, 0.4) is 0 Å². The zero-order valence-corrected chi connectivity index (χ0v) is 17.3. The van der Waals surface area contributed by atoms with Crippen molar-refractivity contribution in [1.29, 1.82) is 0 Å². The average Bonchev–Trinajstić information content (AvgIpc) is 3.18. The van der Waals surface area contributed by atoms with E-state index in [2.05, 4.69) is 0 Å². The van der Waals surface area contributed by atoms with Crippen molar-refractivity contribution in [2.45, 2.75) is 28.3 Å². The number of hydrogen-bond acceptors (Lipinski definition) is 8. The maximum Gasteiger partial charge on any atom is 0.308 e. The van der Waals surface area contributed by atoms with Crippen molar-refractivity contribution in [3.8, 4) is 0 Å². The third-order valence-electron chi connectivity index (χ3n) is 5.03. The van der Waals surface area contributed by atoms with Gasteiger partial charge in [-0.05, 0) is 38.1 Å². The Bertz CT molecular complexity index is 886. The largest absolute Gasteiger partial charge is 0.469 e. The van der Waals surface area contributed by atoms with E-state index in [-0.39, 0.29) is 27.6 Å². The fourth-order valence-corrected chi connectivity index (χ4v) is 10.2. The van der Waals surface area contributed by atoms with Crippen LogP contribution in [0.2, 0.25) is 4.34 Å². The molecule has 2 saturated heterocycles. The molecule has 0 unspecified atom stereocenters. The van der Waals surface area contributed by atoms with E-state index < -0.39 is 31.0 Å². The number of thiophene rings is 1. The Kier molecular flexibility index (Phi) is 5.70. The molecule has 0 aliphatic carbocycles. The van der Waals surface area contributed by atoms with Crippen LogP contribution in [-0.4, -0.2) is 70.7 Å². The monoisotopic (exact) mass is 441 g/mol. The first-order valence-electron chi connectivity index (χ1n) is 8.15. The molecule has 2 aliphatic rings. The number of rotatable bonds is 4. The molecular formula is C15H20ClNO6S3. The van der Waals surface area contributed by atoms with Gasteiger partial charge in [0, 0.05) is 6.04 Å². The Morgan fingerprint density at radius 2 is 1.92 bits per heavy atom. The molecule has 1 aromatic heterocycles. The third-order valence-corrected chi connectivity index (χ3v) is 10.9. The first-order chi connectivity index (χ1) is 12.1. The standard InChI is InChI=1S/C15H20ClNO6S3/c1-23-15(18)10-4-6-17(7-5-10)11-8-25(19,20)9-12(11)26(21,22)14-3-2-13(16)24-14/h2-3,10-12H,4-9H2,1H3/t11-,12-/m0/s1. The first kappa shape index (κ1) is 20.1. The van der Waals surface area contributed by atoms with Crippen LogP contribution in [0.25, 0.3) is 0 Å². The lowest BCUT2D eigenvalue weighted by atomic mass is 9.95. The highest BCUT2D eigenvalue weighted by Gasteiger charge is 2.49. The summed E-state index contributed by atoms with van der Waals surface area (Å²) < 4.78 is 55.6. The molecule has 2 atom stereocenters. The molecule has 7 nitrogen and oxygen atoms in total. The predicted octanol–water partition coefficient (Wildman–Crippen LogP) is 1.23. The number of sulfone groups is 2. The van der Waals surface area contributed by atoms with Crippen LogP contribution in [0.1, 0.15) is 12.8 Å². The Balaban J connectivity index is 1.83. The van der Waals surface area contributed by atoms with E-state index in [1.54, 1.807) is 0 Å². The molecule has 2 aliphatic heterocycles. The van der Waals surface area contributed by atoms with Crippen LogP contribution in [0, 0.1) is 5.92 Å². The summed E-state index contributed by atoms with van der Waals surface area (Å²) in [5, 5.41) is -1.02. The fourth-order valence-electron chi connectivity index (χ4n) is 3.67. The number of carbonyl (C=O) groups excluding carboxylic acids is 1. The van der Waals surface area contributed by atoms with Crippen molar-refractivity contribution < 1.29 is 26.4 Å². The second-order valence-electron chi connectivity index (χ2n) is 6.62. The van der Waals surface area contributed by atoms with Gasteiger partial charge in [-0.25, -0.2) is 16.8 Å². The number of piperidine rings is 1. The molecule has 146 valence electrons. The molecule has 0 spiro atoms. The lowest BCUT2D eigenvalue weighted by Gasteiger charge is -2.36. The molecular weight excluding hydrogens is 422 g/mol. The van der Waals surface area contributed by atoms with E-state index in [4.69, 9.17) is 16.3 Å². The van der Waals surface area contributed by atoms with Gasteiger partial charge in [-0.3, -0.25) is 9.69 Å². The molecule has 3 rings (SSSR count). The molecule has 0 saturated carbocycles. The molecule has 1 aromatic rings. The fraction of sp³-hybridized carbons (Fsp3) is 0.667. The first-order valence-corrected chi connectivity index (χ1v) is 12.7. The van der Waals surface area contributed by atoms with Crippen molar-refractivity contribution in [2.75, 3.05) is 31.7 Å². The van der Waals surface area contributed by atoms with Crippen LogP contribution in [0.15, 0.2) is 16.3 Å². The third kappa shape index (κ3) is 3.94. The molecule has 0 amide bonds. The predicted molar refractivity (Wildman–Crippen MR) is 99.1 cm³/mol. The second kappa shape index (κ2) is 7.38. The van der Waals surface area contributed by atoms with Gasteiger partial charge in [-0.1, -0.05) is 11.6 Å². The summed E-state index contributed by atoms with van der Waals surface area (Å²) in [5.74, 6) is -1.06. The van der Waals surface area contributed by atoms with Crippen LogP contribution in [0.5, 0.6) is 0 Å². The van der Waals surface area contributed by atoms with Crippen LogP contribution in [0.4, 0.5) is 0 Å². The van der Waals surface area contributed by atoms with Crippen molar-refractivity contribution in [1.82, 2.24) is 4.90 Å². The summed E-state index contributed by atoms with van der Waals surface area (Å²) in [6, 6.07) is 2.32. The maximum absolute atomic E-state index is 13.0. The van der Waals surface area contributed by atoms with E-state index in [0.29, 0.717) is 30.3 Å². The molecule has 2 fully saturated rings. The quantitative estimate of drug-likeness (QED) is 0.648. The SMILES string of the molecule is COC(=O)C1CCN([C@H]2CS(=O)(=O)C[C@@H]2S(=O)(=O)c2ccc(Cl)s2)CC1. The molecule has 26 heavy (non-hydrogen) atoms. The van der Waals surface area contributed by atoms with Crippen molar-refractivity contribution in [3.05, 3.63) is 16.5 Å². The van der Waals surface area contributed by atoms with E-state index in [1.807, 2.05) is 4.90 Å². The Labute approximate surface area is 162 Å². The van der Waals surface area contributed by atoms with Gasteiger partial charge in [0.1, 0.15) is 4.21 Å². The normalized spacial score (nSPS) is 27.5. The van der Waals surface area contributed by atoms with Gasteiger partial charge in [0.2, 0.25) is 0 Å². The van der Waals surface area contributed by atoms with E-state index in [9.17, 15) is 21.6 Å². The lowest BCUT2D eigenvalue weighted by molar-refractivity contribution is -0.147. The maximum atomic E-state index is 13.0. The van der Waals surface area contributed by atoms with E-state index >= 15 is 0 Å². The van der Waals surface area contributed by atoms with Gasteiger partial charge in [0.05, 0.1) is 34.1 Å². The summed E-state index contributed by atoms with van der Waals surface area (Å²) in [7, 11) is -5.91. The minimum absolute atomic E-state index is 0.0963. The highest BCUT2D eigenvalue weighted by atomic mass is 35.5. The summed E-state index contributed by atoms with van der Waals surface area (Å²) in [5.41, 5.74) is 0. The number of nitrogens with zero attached hydrogens (tertiary/aromatic N) is 1. The molecule has 0 radical (unpaired) electrons. The van der Waals surface area contributed by atoms with Gasteiger partial charge in [-0.2, -0.15) is 0 Å².